The Morgan fingerprint density at radius 3 is 2.59 bits per heavy atom. The number of anilines is 1. The number of methoxy groups -OCH3 is 1. The molecule has 0 aliphatic rings. The van der Waals surface area contributed by atoms with Crippen molar-refractivity contribution in [1.29, 1.82) is 5.26 Å². The van der Waals surface area contributed by atoms with Crippen molar-refractivity contribution in [3.63, 3.8) is 0 Å². The van der Waals surface area contributed by atoms with Crippen LogP contribution in [0, 0.1) is 18.3 Å². The molecule has 0 aliphatic carbocycles. The van der Waals surface area contributed by atoms with Crippen LogP contribution in [0.4, 0.5) is 5.69 Å². The van der Waals surface area contributed by atoms with Gasteiger partial charge in [0.05, 0.1) is 25.1 Å². The second-order valence-electron chi connectivity index (χ2n) is 5.10. The fourth-order valence-corrected chi connectivity index (χ4v) is 2.04. The summed E-state index contributed by atoms with van der Waals surface area (Å²) >= 11 is 0. The highest BCUT2D eigenvalue weighted by Gasteiger charge is 2.35. The van der Waals surface area contributed by atoms with E-state index in [0.29, 0.717) is 17.1 Å². The van der Waals surface area contributed by atoms with Crippen LogP contribution in [0.2, 0.25) is 0 Å². The zero-order valence-corrected chi connectivity index (χ0v) is 12.8. The molecule has 0 spiro atoms. The first-order valence-electron chi connectivity index (χ1n) is 6.80. The monoisotopic (exact) mass is 295 g/mol. The van der Waals surface area contributed by atoms with E-state index in [0.717, 1.165) is 5.56 Å². The summed E-state index contributed by atoms with van der Waals surface area (Å²) in [7, 11) is 1.53. The van der Waals surface area contributed by atoms with E-state index in [-0.39, 0.29) is 0 Å². The molecule has 0 bridgehead atoms. The summed E-state index contributed by atoms with van der Waals surface area (Å²) in [6.45, 7) is 3.44. The number of aromatic nitrogens is 1. The fraction of sp³-hybridized carbons (Fsp3) is 0.235. The van der Waals surface area contributed by atoms with Crippen LogP contribution >= 0.6 is 0 Å². The quantitative estimate of drug-likeness (QED) is 0.941. The molecule has 1 aromatic heterocycles. The van der Waals surface area contributed by atoms with Crippen LogP contribution < -0.4 is 10.1 Å². The number of pyridine rings is 1. The van der Waals surface area contributed by atoms with Crippen molar-refractivity contribution in [3.05, 3.63) is 53.7 Å². The van der Waals surface area contributed by atoms with Gasteiger partial charge in [0.15, 0.2) is 5.41 Å². The third-order valence-corrected chi connectivity index (χ3v) is 3.57. The number of aryl methyl sites for hydroxylation is 1. The Morgan fingerprint density at radius 1 is 1.36 bits per heavy atom. The van der Waals surface area contributed by atoms with Gasteiger partial charge in [0.2, 0.25) is 11.8 Å². The van der Waals surface area contributed by atoms with Gasteiger partial charge in [-0.05, 0) is 25.0 Å². The lowest BCUT2D eigenvalue weighted by molar-refractivity contribution is -0.119. The number of amides is 1. The van der Waals surface area contributed by atoms with Gasteiger partial charge in [-0.15, -0.1) is 0 Å². The Balaban J connectivity index is 2.29. The van der Waals surface area contributed by atoms with E-state index >= 15 is 0 Å². The molecule has 2 rings (SSSR count). The number of nitrogens with zero attached hydrogens (tertiary/aromatic N) is 2. The van der Waals surface area contributed by atoms with Gasteiger partial charge in [-0.25, -0.2) is 4.98 Å². The number of nitrogens with one attached hydrogen (secondary N) is 1. The van der Waals surface area contributed by atoms with Crippen LogP contribution in [0.5, 0.6) is 5.88 Å². The number of carbonyl (C=O) groups excluding carboxylic acids is 1. The molecule has 22 heavy (non-hydrogen) atoms. The molecule has 1 amide bonds. The van der Waals surface area contributed by atoms with Gasteiger partial charge in [0.25, 0.3) is 0 Å². The minimum atomic E-state index is -1.27. The smallest absolute Gasteiger partial charge is 0.249 e. The molecule has 0 fully saturated rings. The number of hydrogen-bond donors (Lipinski definition) is 1. The summed E-state index contributed by atoms with van der Waals surface area (Å²) in [6.07, 6.45) is 1.52. The predicted molar refractivity (Wildman–Crippen MR) is 83.6 cm³/mol. The average molecular weight is 295 g/mol. The standard InChI is InChI=1S/C17H17N3O2/c1-12-9-15(22-3)19-10-14(12)20-16(21)17(2,11-18)13-7-5-4-6-8-13/h4-10H,1-3H3,(H,20,21). The molecule has 1 aromatic carbocycles. The Hall–Kier alpha value is -2.87. The highest BCUT2D eigenvalue weighted by Crippen LogP contribution is 2.26. The van der Waals surface area contributed by atoms with Gasteiger partial charge >= 0.3 is 0 Å². The van der Waals surface area contributed by atoms with Crippen LogP contribution in [-0.4, -0.2) is 18.0 Å². The van der Waals surface area contributed by atoms with Crippen molar-refractivity contribution >= 4 is 11.6 Å². The SMILES string of the molecule is COc1cc(C)c(NC(=O)C(C)(C#N)c2ccccc2)cn1. The lowest BCUT2D eigenvalue weighted by atomic mass is 9.83. The van der Waals surface area contributed by atoms with Crippen molar-refractivity contribution in [2.75, 3.05) is 12.4 Å². The molecule has 1 heterocycles. The van der Waals surface area contributed by atoms with Crippen LogP contribution in [0.3, 0.4) is 0 Å². The van der Waals surface area contributed by atoms with Gasteiger partial charge in [-0.3, -0.25) is 4.79 Å². The van der Waals surface area contributed by atoms with E-state index in [1.165, 1.54) is 13.3 Å². The van der Waals surface area contributed by atoms with E-state index < -0.39 is 11.3 Å². The molecule has 1 atom stereocenters. The molecule has 5 heteroatoms. The van der Waals surface area contributed by atoms with Crippen molar-refractivity contribution in [3.8, 4) is 11.9 Å². The lowest BCUT2D eigenvalue weighted by Gasteiger charge is -2.21. The van der Waals surface area contributed by atoms with E-state index in [1.54, 1.807) is 37.3 Å². The van der Waals surface area contributed by atoms with Crippen LogP contribution in [-0.2, 0) is 10.2 Å². The maximum absolute atomic E-state index is 12.6. The van der Waals surface area contributed by atoms with E-state index in [9.17, 15) is 10.1 Å². The number of benzene rings is 1. The van der Waals surface area contributed by atoms with E-state index in [1.807, 2.05) is 13.0 Å². The summed E-state index contributed by atoms with van der Waals surface area (Å²) in [6, 6.07) is 12.8. The Labute approximate surface area is 129 Å². The minimum Gasteiger partial charge on any atom is -0.481 e. The molecule has 1 N–H and O–H groups in total. The molecule has 1 unspecified atom stereocenters. The fourth-order valence-electron chi connectivity index (χ4n) is 2.04. The lowest BCUT2D eigenvalue weighted by Crippen LogP contribution is -2.36. The van der Waals surface area contributed by atoms with Crippen LogP contribution in [0.15, 0.2) is 42.6 Å². The second kappa shape index (κ2) is 6.27. The Bertz CT molecular complexity index is 722. The number of ether oxygens (including phenoxy) is 1. The zero-order chi connectivity index (χ0) is 16.2. The normalized spacial score (nSPS) is 12.8. The summed E-state index contributed by atoms with van der Waals surface area (Å²) in [4.78, 5) is 16.7. The van der Waals surface area contributed by atoms with Gasteiger partial charge in [-0.2, -0.15) is 5.26 Å². The second-order valence-corrected chi connectivity index (χ2v) is 5.10. The highest BCUT2D eigenvalue weighted by molar-refractivity contribution is 6.01. The van der Waals surface area contributed by atoms with Crippen molar-refractivity contribution in [2.24, 2.45) is 0 Å². The first kappa shape index (κ1) is 15.5. The number of hydrogen-bond acceptors (Lipinski definition) is 4. The molecule has 0 radical (unpaired) electrons. The Kier molecular flexibility index (Phi) is 4.42. The van der Waals surface area contributed by atoms with Gasteiger partial charge < -0.3 is 10.1 Å². The molecule has 2 aromatic rings. The first-order chi connectivity index (χ1) is 10.5. The van der Waals surface area contributed by atoms with Crippen LogP contribution in [0.1, 0.15) is 18.1 Å². The van der Waals surface area contributed by atoms with Gasteiger partial charge in [0.1, 0.15) is 0 Å². The van der Waals surface area contributed by atoms with E-state index in [2.05, 4.69) is 16.4 Å². The third kappa shape index (κ3) is 2.91. The molecule has 0 saturated carbocycles. The average Bonchev–Trinajstić information content (AvgIpc) is 2.56. The molecule has 0 aliphatic heterocycles. The minimum absolute atomic E-state index is 0.392. The number of nitriles is 1. The molecule has 5 nitrogen and oxygen atoms in total. The summed E-state index contributed by atoms with van der Waals surface area (Å²) in [5.74, 6) is 0.0814. The summed E-state index contributed by atoms with van der Waals surface area (Å²) < 4.78 is 5.04. The maximum Gasteiger partial charge on any atom is 0.249 e. The zero-order valence-electron chi connectivity index (χ0n) is 12.8. The van der Waals surface area contributed by atoms with Crippen molar-refractivity contribution in [2.45, 2.75) is 19.3 Å². The van der Waals surface area contributed by atoms with Gasteiger partial charge in [0, 0.05) is 6.07 Å². The van der Waals surface area contributed by atoms with E-state index in [4.69, 9.17) is 4.74 Å². The topological polar surface area (TPSA) is 75.0 Å². The van der Waals surface area contributed by atoms with Crippen molar-refractivity contribution in [1.82, 2.24) is 4.98 Å². The molecule has 112 valence electrons. The third-order valence-electron chi connectivity index (χ3n) is 3.57. The van der Waals surface area contributed by atoms with Crippen LogP contribution in [0.25, 0.3) is 0 Å². The van der Waals surface area contributed by atoms with Crippen molar-refractivity contribution < 1.29 is 9.53 Å². The molecular weight excluding hydrogens is 278 g/mol. The highest BCUT2D eigenvalue weighted by atomic mass is 16.5. The molecule has 0 saturated heterocycles. The van der Waals surface area contributed by atoms with Gasteiger partial charge in [-0.1, -0.05) is 30.3 Å². The molecular formula is C17H17N3O2. The largest absolute Gasteiger partial charge is 0.481 e. The predicted octanol–water partition coefficient (Wildman–Crippen LogP) is 2.82. The Morgan fingerprint density at radius 2 is 2.05 bits per heavy atom. The number of rotatable bonds is 4. The summed E-state index contributed by atoms with van der Waals surface area (Å²) in [5.41, 5.74) is 0.749. The maximum atomic E-state index is 12.6. The summed E-state index contributed by atoms with van der Waals surface area (Å²) in [5, 5.41) is 12.3. The first-order valence-corrected chi connectivity index (χ1v) is 6.80. The number of carbonyl (C=O) groups is 1.